The first-order valence-corrected chi connectivity index (χ1v) is 7.09. The van der Waals surface area contributed by atoms with Crippen molar-refractivity contribution in [2.75, 3.05) is 7.11 Å². The number of esters is 1. The van der Waals surface area contributed by atoms with Gasteiger partial charge in [0, 0.05) is 5.56 Å². The number of carbonyl (C=O) groups is 3. The number of ketones is 1. The number of hydrogen-bond acceptors (Lipinski definition) is 6. The minimum Gasteiger partial charge on any atom is -0.506 e. The van der Waals surface area contributed by atoms with Crippen molar-refractivity contribution in [3.8, 4) is 17.2 Å². The lowest BCUT2D eigenvalue weighted by Gasteiger charge is -2.17. The van der Waals surface area contributed by atoms with Crippen LogP contribution in [0.25, 0.3) is 0 Å². The van der Waals surface area contributed by atoms with Crippen LogP contribution in [0.3, 0.4) is 0 Å². The second-order valence-electron chi connectivity index (χ2n) is 5.05. The highest BCUT2D eigenvalue weighted by Crippen LogP contribution is 2.38. The van der Waals surface area contributed by atoms with Crippen LogP contribution in [0.5, 0.6) is 17.2 Å². The van der Waals surface area contributed by atoms with Gasteiger partial charge >= 0.3 is 5.97 Å². The van der Waals surface area contributed by atoms with E-state index in [1.54, 1.807) is 30.3 Å². The molecule has 124 valence electrons. The van der Waals surface area contributed by atoms with Gasteiger partial charge in [-0.1, -0.05) is 18.2 Å². The van der Waals surface area contributed by atoms with Gasteiger partial charge in [-0.3, -0.25) is 9.59 Å². The van der Waals surface area contributed by atoms with Crippen molar-refractivity contribution < 1.29 is 29.0 Å². The largest absolute Gasteiger partial charge is 0.506 e. The first-order chi connectivity index (χ1) is 11.4. The third-order valence-electron chi connectivity index (χ3n) is 3.53. The number of aromatic hydroxyl groups is 1. The molecule has 2 rings (SSSR count). The van der Waals surface area contributed by atoms with Crippen LogP contribution >= 0.6 is 0 Å². The normalized spacial score (nSPS) is 10.1. The average molecular weight is 328 g/mol. The van der Waals surface area contributed by atoms with Gasteiger partial charge in [-0.2, -0.15) is 0 Å². The Balaban J connectivity index is 2.67. The van der Waals surface area contributed by atoms with Gasteiger partial charge < -0.3 is 14.6 Å². The van der Waals surface area contributed by atoms with Crippen molar-refractivity contribution in [2.45, 2.75) is 13.8 Å². The van der Waals surface area contributed by atoms with E-state index in [4.69, 9.17) is 9.47 Å². The molecule has 0 atom stereocenters. The number of rotatable bonds is 5. The Morgan fingerprint density at radius 1 is 1.12 bits per heavy atom. The van der Waals surface area contributed by atoms with Gasteiger partial charge in [0.15, 0.2) is 12.1 Å². The van der Waals surface area contributed by atoms with Crippen LogP contribution in [0.1, 0.15) is 43.6 Å². The smallest absolute Gasteiger partial charge is 0.344 e. The van der Waals surface area contributed by atoms with E-state index in [-0.39, 0.29) is 33.8 Å². The van der Waals surface area contributed by atoms with Crippen molar-refractivity contribution in [1.29, 1.82) is 0 Å². The molecule has 0 saturated carbocycles. The molecule has 6 nitrogen and oxygen atoms in total. The van der Waals surface area contributed by atoms with Gasteiger partial charge in [0.1, 0.15) is 17.2 Å². The zero-order chi connectivity index (χ0) is 17.9. The van der Waals surface area contributed by atoms with Crippen molar-refractivity contribution >= 4 is 18.0 Å². The van der Waals surface area contributed by atoms with Crippen LogP contribution in [0.4, 0.5) is 0 Å². The lowest BCUT2D eigenvalue weighted by Crippen LogP contribution is -2.17. The molecular formula is C18H16O6. The minimum absolute atomic E-state index is 0.0208. The molecule has 0 heterocycles. The average Bonchev–Trinajstić information content (AvgIpc) is 2.56. The maximum absolute atomic E-state index is 12.6. The summed E-state index contributed by atoms with van der Waals surface area (Å²) in [6, 6.07) is 8.30. The third-order valence-corrected chi connectivity index (χ3v) is 3.53. The first-order valence-electron chi connectivity index (χ1n) is 7.09. The number of benzene rings is 2. The Morgan fingerprint density at radius 3 is 2.25 bits per heavy atom. The second kappa shape index (κ2) is 6.95. The fourth-order valence-electron chi connectivity index (χ4n) is 2.48. The van der Waals surface area contributed by atoms with Crippen LogP contribution in [0, 0.1) is 6.92 Å². The van der Waals surface area contributed by atoms with Gasteiger partial charge in [0.25, 0.3) is 0 Å². The van der Waals surface area contributed by atoms with E-state index in [9.17, 15) is 19.5 Å². The summed E-state index contributed by atoms with van der Waals surface area (Å²) in [5.74, 6) is -1.68. The summed E-state index contributed by atoms with van der Waals surface area (Å²) < 4.78 is 10.4. The van der Waals surface area contributed by atoms with Crippen LogP contribution in [-0.2, 0) is 0 Å². The van der Waals surface area contributed by atoms with E-state index in [2.05, 4.69) is 0 Å². The molecule has 0 spiro atoms. The topological polar surface area (TPSA) is 89.9 Å². The standard InChI is InChI=1S/C18H16O6/c1-10-14(18(22)24-12-7-5-4-6-8-12)15(11(2)20)16(21)13(9-19)17(10)23-3/h4-9,21H,1-3H3. The van der Waals surface area contributed by atoms with Gasteiger partial charge in [-0.05, 0) is 26.0 Å². The number of methoxy groups -OCH3 is 1. The highest BCUT2D eigenvalue weighted by Gasteiger charge is 2.29. The van der Waals surface area contributed by atoms with Crippen LogP contribution in [0.15, 0.2) is 30.3 Å². The zero-order valence-electron chi connectivity index (χ0n) is 13.5. The summed E-state index contributed by atoms with van der Waals surface area (Å²) in [4.78, 5) is 35.7. The SMILES string of the molecule is COc1c(C)c(C(=O)Oc2ccccc2)c(C(C)=O)c(O)c1C=O. The summed E-state index contributed by atoms with van der Waals surface area (Å²) >= 11 is 0. The fourth-order valence-corrected chi connectivity index (χ4v) is 2.48. The minimum atomic E-state index is -0.824. The quantitative estimate of drug-likeness (QED) is 0.393. The number of phenolic OH excluding ortho intramolecular Hbond substituents is 1. The summed E-state index contributed by atoms with van der Waals surface area (Å²) in [6.45, 7) is 2.70. The Hall–Kier alpha value is -3.15. The molecule has 0 unspecified atom stereocenters. The Kier molecular flexibility index (Phi) is 4.99. The van der Waals surface area contributed by atoms with Gasteiger partial charge in [0.2, 0.25) is 0 Å². The number of hydrogen-bond donors (Lipinski definition) is 1. The molecule has 0 saturated heterocycles. The maximum Gasteiger partial charge on any atom is 0.344 e. The Morgan fingerprint density at radius 2 is 1.75 bits per heavy atom. The molecule has 0 aliphatic heterocycles. The fraction of sp³-hybridized carbons (Fsp3) is 0.167. The van der Waals surface area contributed by atoms with Crippen LogP contribution in [-0.4, -0.2) is 30.3 Å². The third kappa shape index (κ3) is 2.99. The molecule has 0 amide bonds. The summed E-state index contributed by atoms with van der Waals surface area (Å²) in [7, 11) is 1.30. The predicted octanol–water partition coefficient (Wildman–Crippen LogP) is 2.94. The molecule has 0 aromatic heterocycles. The molecule has 0 fully saturated rings. The molecule has 0 aliphatic rings. The molecule has 2 aromatic rings. The Labute approximate surface area is 138 Å². The number of para-hydroxylation sites is 1. The van der Waals surface area contributed by atoms with Crippen molar-refractivity contribution in [3.63, 3.8) is 0 Å². The van der Waals surface area contributed by atoms with E-state index in [1.807, 2.05) is 0 Å². The zero-order valence-corrected chi connectivity index (χ0v) is 13.5. The number of ether oxygens (including phenoxy) is 2. The summed E-state index contributed by atoms with van der Waals surface area (Å²) in [6.07, 6.45) is 0.375. The Bertz CT molecular complexity index is 808. The monoisotopic (exact) mass is 328 g/mol. The van der Waals surface area contributed by atoms with Crippen molar-refractivity contribution in [2.24, 2.45) is 0 Å². The van der Waals surface area contributed by atoms with E-state index in [0.29, 0.717) is 6.29 Å². The summed E-state index contributed by atoms with van der Waals surface area (Å²) in [5.41, 5.74) is -0.345. The van der Waals surface area contributed by atoms with Crippen LogP contribution in [0.2, 0.25) is 0 Å². The van der Waals surface area contributed by atoms with Gasteiger partial charge in [0.05, 0.1) is 23.8 Å². The van der Waals surface area contributed by atoms with E-state index in [0.717, 1.165) is 0 Å². The molecular weight excluding hydrogens is 312 g/mol. The van der Waals surface area contributed by atoms with Gasteiger partial charge in [-0.15, -0.1) is 0 Å². The van der Waals surface area contributed by atoms with Crippen molar-refractivity contribution in [3.05, 3.63) is 52.6 Å². The number of carbonyl (C=O) groups excluding carboxylic acids is 3. The lowest BCUT2D eigenvalue weighted by molar-refractivity contribution is 0.0727. The highest BCUT2D eigenvalue weighted by molar-refractivity contribution is 6.11. The molecule has 6 heteroatoms. The molecule has 0 aliphatic carbocycles. The van der Waals surface area contributed by atoms with Crippen molar-refractivity contribution in [1.82, 2.24) is 0 Å². The first kappa shape index (κ1) is 17.2. The number of aldehydes is 1. The second-order valence-corrected chi connectivity index (χ2v) is 5.05. The summed E-state index contributed by atoms with van der Waals surface area (Å²) in [5, 5.41) is 10.3. The number of phenols is 1. The molecule has 0 bridgehead atoms. The van der Waals surface area contributed by atoms with Crippen LogP contribution < -0.4 is 9.47 Å². The molecule has 24 heavy (non-hydrogen) atoms. The maximum atomic E-state index is 12.6. The lowest BCUT2D eigenvalue weighted by atomic mass is 9.93. The van der Waals surface area contributed by atoms with E-state index < -0.39 is 17.5 Å². The van der Waals surface area contributed by atoms with E-state index in [1.165, 1.54) is 21.0 Å². The number of Topliss-reactive ketones (excluding diaryl/α,β-unsaturated/α-hetero) is 1. The predicted molar refractivity (Wildman–Crippen MR) is 86.2 cm³/mol. The van der Waals surface area contributed by atoms with Gasteiger partial charge in [-0.25, -0.2) is 4.79 Å². The molecule has 2 aromatic carbocycles. The molecule has 1 N–H and O–H groups in total. The highest BCUT2D eigenvalue weighted by atomic mass is 16.5. The molecule has 0 radical (unpaired) electrons. The van der Waals surface area contributed by atoms with E-state index >= 15 is 0 Å².